The molecule has 128 valence electrons. The lowest BCUT2D eigenvalue weighted by molar-refractivity contribution is -0.0904. The summed E-state index contributed by atoms with van der Waals surface area (Å²) in [5.41, 5.74) is 0.415. The molecular formula is C17H26N2O3S. The molecule has 2 fully saturated rings. The van der Waals surface area contributed by atoms with Crippen LogP contribution in [0.3, 0.4) is 0 Å². The van der Waals surface area contributed by atoms with Gasteiger partial charge in [-0.05, 0) is 32.0 Å². The van der Waals surface area contributed by atoms with Gasteiger partial charge in [-0.2, -0.15) is 4.31 Å². The highest BCUT2D eigenvalue weighted by molar-refractivity contribution is 7.89. The highest BCUT2D eigenvalue weighted by Gasteiger charge is 2.50. The van der Waals surface area contributed by atoms with Crippen molar-refractivity contribution in [2.45, 2.75) is 43.7 Å². The molecule has 0 amide bonds. The number of aryl methyl sites for hydroxylation is 1. The molecule has 0 N–H and O–H groups in total. The van der Waals surface area contributed by atoms with Gasteiger partial charge in [-0.15, -0.1) is 0 Å². The largest absolute Gasteiger partial charge is 0.358 e. The molecule has 0 bridgehead atoms. The molecule has 0 aliphatic carbocycles. The Balaban J connectivity index is 1.83. The Kier molecular flexibility index (Phi) is 4.78. The molecule has 0 atom stereocenters. The second-order valence-corrected chi connectivity index (χ2v) is 8.39. The first kappa shape index (κ1) is 16.9. The molecule has 2 aliphatic rings. The van der Waals surface area contributed by atoms with E-state index in [4.69, 9.17) is 4.74 Å². The lowest BCUT2D eigenvalue weighted by Crippen LogP contribution is -2.54. The van der Waals surface area contributed by atoms with Crippen LogP contribution >= 0.6 is 0 Å². The number of likely N-dealkylation sites (tertiary alicyclic amines) is 1. The van der Waals surface area contributed by atoms with E-state index < -0.39 is 15.7 Å². The topological polar surface area (TPSA) is 49.9 Å². The first-order valence-corrected chi connectivity index (χ1v) is 9.88. The van der Waals surface area contributed by atoms with E-state index in [0.717, 1.165) is 44.5 Å². The second-order valence-electron chi connectivity index (χ2n) is 6.53. The number of nitrogens with zero attached hydrogens (tertiary/aromatic N) is 2. The summed E-state index contributed by atoms with van der Waals surface area (Å²) in [6.07, 6.45) is 2.62. The van der Waals surface area contributed by atoms with E-state index in [9.17, 15) is 8.42 Å². The SMILES string of the molecule is CCCN1CCC2(CC1)OCCN2S(=O)(=O)c1ccc(C)cc1. The van der Waals surface area contributed by atoms with Gasteiger partial charge in [0.15, 0.2) is 0 Å². The molecule has 1 aromatic carbocycles. The van der Waals surface area contributed by atoms with E-state index in [1.165, 1.54) is 0 Å². The molecule has 6 heteroatoms. The van der Waals surface area contributed by atoms with Crippen LogP contribution in [-0.4, -0.2) is 56.1 Å². The summed E-state index contributed by atoms with van der Waals surface area (Å²) in [4.78, 5) is 2.76. The third kappa shape index (κ3) is 3.18. The van der Waals surface area contributed by atoms with E-state index >= 15 is 0 Å². The highest BCUT2D eigenvalue weighted by Crippen LogP contribution is 2.38. The molecule has 1 aromatic rings. The molecule has 2 aliphatic heterocycles. The van der Waals surface area contributed by atoms with E-state index in [2.05, 4.69) is 11.8 Å². The molecule has 5 nitrogen and oxygen atoms in total. The third-order valence-corrected chi connectivity index (χ3v) is 6.87. The van der Waals surface area contributed by atoms with Gasteiger partial charge in [0.1, 0.15) is 5.72 Å². The predicted molar refractivity (Wildman–Crippen MR) is 89.7 cm³/mol. The van der Waals surface area contributed by atoms with Crippen molar-refractivity contribution in [2.24, 2.45) is 0 Å². The van der Waals surface area contributed by atoms with Crippen LogP contribution in [0.5, 0.6) is 0 Å². The maximum Gasteiger partial charge on any atom is 0.245 e. The number of piperidine rings is 1. The van der Waals surface area contributed by atoms with Crippen LogP contribution in [0.4, 0.5) is 0 Å². The lowest BCUT2D eigenvalue weighted by Gasteiger charge is -2.42. The van der Waals surface area contributed by atoms with Crippen LogP contribution in [0.15, 0.2) is 29.2 Å². The minimum atomic E-state index is -3.50. The van der Waals surface area contributed by atoms with Crippen LogP contribution in [0.25, 0.3) is 0 Å². The van der Waals surface area contributed by atoms with Crippen LogP contribution in [-0.2, 0) is 14.8 Å². The zero-order valence-electron chi connectivity index (χ0n) is 14.0. The van der Waals surface area contributed by atoms with E-state index in [-0.39, 0.29) is 0 Å². The average Bonchev–Trinajstić information content (AvgIpc) is 2.95. The number of benzene rings is 1. The zero-order chi connectivity index (χ0) is 16.5. The smallest absolute Gasteiger partial charge is 0.245 e. The average molecular weight is 338 g/mol. The molecule has 0 unspecified atom stereocenters. The molecule has 0 saturated carbocycles. The Labute approximate surface area is 139 Å². The number of hydrogen-bond donors (Lipinski definition) is 0. The molecule has 0 radical (unpaired) electrons. The number of hydrogen-bond acceptors (Lipinski definition) is 4. The lowest BCUT2D eigenvalue weighted by atomic mass is 10.0. The minimum Gasteiger partial charge on any atom is -0.358 e. The van der Waals surface area contributed by atoms with Gasteiger partial charge < -0.3 is 9.64 Å². The van der Waals surface area contributed by atoms with Crippen molar-refractivity contribution >= 4 is 10.0 Å². The van der Waals surface area contributed by atoms with Crippen molar-refractivity contribution in [3.05, 3.63) is 29.8 Å². The highest BCUT2D eigenvalue weighted by atomic mass is 32.2. The van der Waals surface area contributed by atoms with Crippen molar-refractivity contribution in [1.29, 1.82) is 0 Å². The first-order valence-electron chi connectivity index (χ1n) is 8.44. The predicted octanol–water partition coefficient (Wildman–Crippen LogP) is 2.22. The fourth-order valence-electron chi connectivity index (χ4n) is 3.61. The van der Waals surface area contributed by atoms with E-state index in [1.807, 2.05) is 19.1 Å². The Morgan fingerprint density at radius 3 is 2.39 bits per heavy atom. The maximum absolute atomic E-state index is 13.1. The van der Waals surface area contributed by atoms with Crippen LogP contribution in [0.1, 0.15) is 31.7 Å². The van der Waals surface area contributed by atoms with Gasteiger partial charge in [0, 0.05) is 32.5 Å². The van der Waals surface area contributed by atoms with Crippen molar-refractivity contribution in [3.63, 3.8) is 0 Å². The number of ether oxygens (including phenoxy) is 1. The Hall–Kier alpha value is -0.950. The normalized spacial score (nSPS) is 22.7. The van der Waals surface area contributed by atoms with Gasteiger partial charge in [-0.1, -0.05) is 24.6 Å². The molecule has 3 rings (SSSR count). The van der Waals surface area contributed by atoms with Crippen molar-refractivity contribution < 1.29 is 13.2 Å². The fraction of sp³-hybridized carbons (Fsp3) is 0.647. The Bertz CT molecular complexity index is 634. The van der Waals surface area contributed by atoms with E-state index in [0.29, 0.717) is 18.0 Å². The molecule has 0 aromatic heterocycles. The van der Waals surface area contributed by atoms with Gasteiger partial charge >= 0.3 is 0 Å². The quantitative estimate of drug-likeness (QED) is 0.845. The molecular weight excluding hydrogens is 312 g/mol. The van der Waals surface area contributed by atoms with Gasteiger partial charge in [0.25, 0.3) is 0 Å². The van der Waals surface area contributed by atoms with Crippen molar-refractivity contribution in [3.8, 4) is 0 Å². The molecule has 2 heterocycles. The minimum absolute atomic E-state index is 0.365. The summed E-state index contributed by atoms with van der Waals surface area (Å²) < 4.78 is 33.7. The van der Waals surface area contributed by atoms with Gasteiger partial charge in [-0.25, -0.2) is 8.42 Å². The summed E-state index contributed by atoms with van der Waals surface area (Å²) in [6.45, 7) is 7.93. The van der Waals surface area contributed by atoms with Crippen molar-refractivity contribution in [1.82, 2.24) is 9.21 Å². The number of sulfonamides is 1. The molecule has 23 heavy (non-hydrogen) atoms. The zero-order valence-corrected chi connectivity index (χ0v) is 14.8. The molecule has 2 saturated heterocycles. The second kappa shape index (κ2) is 6.51. The maximum atomic E-state index is 13.1. The fourth-order valence-corrected chi connectivity index (χ4v) is 5.33. The summed E-state index contributed by atoms with van der Waals surface area (Å²) in [7, 11) is -3.50. The van der Waals surface area contributed by atoms with Crippen LogP contribution < -0.4 is 0 Å². The van der Waals surface area contributed by atoms with Crippen LogP contribution in [0, 0.1) is 6.92 Å². The standard InChI is InChI=1S/C17H26N2O3S/c1-3-10-18-11-8-17(9-12-18)19(13-14-22-17)23(20,21)16-6-4-15(2)5-7-16/h4-7H,3,8-14H2,1-2H3. The number of rotatable bonds is 4. The Morgan fingerprint density at radius 1 is 1.13 bits per heavy atom. The van der Waals surface area contributed by atoms with E-state index in [1.54, 1.807) is 16.4 Å². The first-order chi connectivity index (χ1) is 11.0. The Morgan fingerprint density at radius 2 is 1.78 bits per heavy atom. The van der Waals surface area contributed by atoms with Gasteiger partial charge in [0.2, 0.25) is 10.0 Å². The van der Waals surface area contributed by atoms with Gasteiger partial charge in [0.05, 0.1) is 11.5 Å². The summed E-state index contributed by atoms with van der Waals surface area (Å²) in [6, 6.07) is 7.09. The monoisotopic (exact) mass is 338 g/mol. The summed E-state index contributed by atoms with van der Waals surface area (Å²) in [5, 5.41) is 0. The van der Waals surface area contributed by atoms with Crippen molar-refractivity contribution in [2.75, 3.05) is 32.8 Å². The molecule has 1 spiro atoms. The van der Waals surface area contributed by atoms with Crippen LogP contribution in [0.2, 0.25) is 0 Å². The third-order valence-electron chi connectivity index (χ3n) is 4.91. The summed E-state index contributed by atoms with van der Waals surface area (Å²) in [5.74, 6) is 0. The summed E-state index contributed by atoms with van der Waals surface area (Å²) >= 11 is 0. The van der Waals surface area contributed by atoms with Gasteiger partial charge in [-0.3, -0.25) is 0 Å².